The van der Waals surface area contributed by atoms with Gasteiger partial charge in [-0.15, -0.1) is 0 Å². The minimum absolute atomic E-state index is 0.0790. The molecule has 1 aromatic rings. The Hall–Kier alpha value is -1.53. The summed E-state index contributed by atoms with van der Waals surface area (Å²) in [5.41, 5.74) is 0.337. The van der Waals surface area contributed by atoms with Crippen LogP contribution in [-0.2, 0) is 14.1 Å². The van der Waals surface area contributed by atoms with Crippen molar-refractivity contribution in [1.82, 2.24) is 4.90 Å². The van der Waals surface area contributed by atoms with Crippen molar-refractivity contribution in [2.45, 2.75) is 65.6 Å². The summed E-state index contributed by atoms with van der Waals surface area (Å²) in [7, 11) is -0.345. The van der Waals surface area contributed by atoms with Gasteiger partial charge in [-0.2, -0.15) is 0 Å². The number of amides is 1. The number of ether oxygens (including phenoxy) is 1. The molecule has 0 radical (unpaired) electrons. The zero-order chi connectivity index (χ0) is 20.5. The molecule has 1 aromatic carbocycles. The lowest BCUT2D eigenvalue weighted by Gasteiger charge is -2.33. The van der Waals surface area contributed by atoms with Gasteiger partial charge in [0.15, 0.2) is 0 Å². The largest absolute Gasteiger partial charge is 0.494 e. The average molecular weight is 387 g/mol. The maximum Gasteiger partial charge on any atom is 0.494 e. The van der Waals surface area contributed by atoms with Crippen molar-refractivity contribution in [2.24, 2.45) is 11.8 Å². The Morgan fingerprint density at radius 2 is 1.64 bits per heavy atom. The van der Waals surface area contributed by atoms with Crippen molar-refractivity contribution in [3.05, 3.63) is 24.3 Å². The van der Waals surface area contributed by atoms with Crippen molar-refractivity contribution >= 4 is 18.5 Å². The maximum absolute atomic E-state index is 12.1. The number of piperidine rings is 1. The Morgan fingerprint density at radius 3 is 2.14 bits per heavy atom. The van der Waals surface area contributed by atoms with E-state index in [1.165, 1.54) is 0 Å². The lowest BCUT2D eigenvalue weighted by Crippen LogP contribution is -2.41. The molecule has 2 fully saturated rings. The molecule has 0 bridgehead atoms. The molecule has 0 atom stereocenters. The van der Waals surface area contributed by atoms with Gasteiger partial charge in [0.2, 0.25) is 5.91 Å². The van der Waals surface area contributed by atoms with Crippen LogP contribution in [0.25, 0.3) is 0 Å². The highest BCUT2D eigenvalue weighted by Crippen LogP contribution is 2.36. The highest BCUT2D eigenvalue weighted by molar-refractivity contribution is 6.62. The van der Waals surface area contributed by atoms with E-state index in [2.05, 4.69) is 27.7 Å². The average Bonchev–Trinajstić information content (AvgIpc) is 2.87. The molecule has 28 heavy (non-hydrogen) atoms. The predicted octanol–water partition coefficient (Wildman–Crippen LogP) is 3.26. The second-order valence-corrected chi connectivity index (χ2v) is 9.39. The van der Waals surface area contributed by atoms with Gasteiger partial charge in [0, 0.05) is 19.0 Å². The van der Waals surface area contributed by atoms with Crippen LogP contribution >= 0.6 is 0 Å². The van der Waals surface area contributed by atoms with Crippen molar-refractivity contribution < 1.29 is 18.8 Å². The topological polar surface area (TPSA) is 48.0 Å². The molecular formula is C22H34BNO4. The normalized spacial score (nSPS) is 22.0. The third-order valence-electron chi connectivity index (χ3n) is 6.31. The van der Waals surface area contributed by atoms with E-state index in [4.69, 9.17) is 14.0 Å². The SMILES string of the molecule is CC(C)C(=O)N1CCC(COc2ccc(B3OC(C)(C)C(C)(C)O3)cc2)CC1. The van der Waals surface area contributed by atoms with E-state index in [1.54, 1.807) is 0 Å². The maximum atomic E-state index is 12.1. The van der Waals surface area contributed by atoms with E-state index in [0.29, 0.717) is 12.5 Å². The number of rotatable bonds is 5. The van der Waals surface area contributed by atoms with Crippen molar-refractivity contribution in [1.29, 1.82) is 0 Å². The summed E-state index contributed by atoms with van der Waals surface area (Å²) in [5, 5.41) is 0. The molecule has 2 aliphatic heterocycles. The van der Waals surface area contributed by atoms with Gasteiger partial charge in [-0.25, -0.2) is 0 Å². The van der Waals surface area contributed by atoms with Gasteiger partial charge in [-0.3, -0.25) is 4.79 Å². The molecule has 0 aromatic heterocycles. The van der Waals surface area contributed by atoms with Crippen LogP contribution in [0.1, 0.15) is 54.4 Å². The number of carbonyl (C=O) groups is 1. The van der Waals surface area contributed by atoms with E-state index in [1.807, 2.05) is 43.0 Å². The van der Waals surface area contributed by atoms with Gasteiger partial charge in [0.25, 0.3) is 0 Å². The summed E-state index contributed by atoms with van der Waals surface area (Å²) in [6.07, 6.45) is 2.01. The Labute approximate surface area is 169 Å². The second-order valence-electron chi connectivity index (χ2n) is 9.39. The van der Waals surface area contributed by atoms with Crippen LogP contribution in [0.15, 0.2) is 24.3 Å². The van der Waals surface area contributed by atoms with Crippen LogP contribution in [0.4, 0.5) is 0 Å². The van der Waals surface area contributed by atoms with Crippen LogP contribution in [-0.4, -0.2) is 48.8 Å². The molecule has 154 valence electrons. The first-order valence-electron chi connectivity index (χ1n) is 10.5. The smallest absolute Gasteiger partial charge is 0.493 e. The molecule has 0 saturated carbocycles. The molecule has 6 heteroatoms. The van der Waals surface area contributed by atoms with E-state index < -0.39 is 0 Å². The highest BCUT2D eigenvalue weighted by Gasteiger charge is 2.51. The molecule has 0 unspecified atom stereocenters. The van der Waals surface area contributed by atoms with Crippen molar-refractivity contribution in [3.63, 3.8) is 0 Å². The number of carbonyl (C=O) groups excluding carboxylic acids is 1. The zero-order valence-electron chi connectivity index (χ0n) is 18.2. The van der Waals surface area contributed by atoms with Crippen LogP contribution in [0.5, 0.6) is 5.75 Å². The molecule has 5 nitrogen and oxygen atoms in total. The van der Waals surface area contributed by atoms with E-state index in [-0.39, 0.29) is 30.1 Å². The van der Waals surface area contributed by atoms with Gasteiger partial charge in [0.1, 0.15) is 5.75 Å². The van der Waals surface area contributed by atoms with Gasteiger partial charge >= 0.3 is 7.12 Å². The van der Waals surface area contributed by atoms with Crippen LogP contribution in [0, 0.1) is 11.8 Å². The third kappa shape index (κ3) is 4.55. The van der Waals surface area contributed by atoms with Gasteiger partial charge in [-0.1, -0.05) is 26.0 Å². The summed E-state index contributed by atoms with van der Waals surface area (Å²) >= 11 is 0. The fraction of sp³-hybridized carbons (Fsp3) is 0.682. The Bertz CT molecular complexity index is 662. The Balaban J connectivity index is 1.48. The number of likely N-dealkylation sites (tertiary alicyclic amines) is 1. The standard InChI is InChI=1S/C22H34BNO4/c1-16(2)20(25)24-13-11-17(12-14-24)15-26-19-9-7-18(8-10-19)23-27-21(3,4)22(5,6)28-23/h7-10,16-17H,11-15H2,1-6H3. The van der Waals surface area contributed by atoms with Gasteiger partial charge < -0.3 is 18.9 Å². The van der Waals surface area contributed by atoms with Crippen LogP contribution < -0.4 is 10.2 Å². The number of hydrogen-bond acceptors (Lipinski definition) is 4. The van der Waals surface area contributed by atoms with Gasteiger partial charge in [0.05, 0.1) is 17.8 Å². The van der Waals surface area contributed by atoms with Crippen LogP contribution in [0.3, 0.4) is 0 Å². The predicted molar refractivity (Wildman–Crippen MR) is 112 cm³/mol. The fourth-order valence-corrected chi connectivity index (χ4v) is 3.60. The molecule has 2 heterocycles. The first-order valence-corrected chi connectivity index (χ1v) is 10.5. The third-order valence-corrected chi connectivity index (χ3v) is 6.31. The number of benzene rings is 1. The highest BCUT2D eigenvalue weighted by atomic mass is 16.7. The molecule has 0 aliphatic carbocycles. The molecule has 1 amide bonds. The lowest BCUT2D eigenvalue weighted by atomic mass is 9.79. The monoisotopic (exact) mass is 387 g/mol. The second kappa shape index (κ2) is 8.07. The molecule has 0 N–H and O–H groups in total. The molecule has 2 aliphatic rings. The van der Waals surface area contributed by atoms with E-state index in [9.17, 15) is 4.79 Å². The first-order chi connectivity index (χ1) is 13.1. The summed E-state index contributed by atoms with van der Waals surface area (Å²) in [6.45, 7) is 14.5. The Kier molecular flexibility index (Phi) is 6.11. The van der Waals surface area contributed by atoms with E-state index in [0.717, 1.165) is 37.1 Å². The summed E-state index contributed by atoms with van der Waals surface area (Å²) in [4.78, 5) is 14.1. The number of nitrogens with zero attached hydrogens (tertiary/aromatic N) is 1. The molecular weight excluding hydrogens is 353 g/mol. The summed E-state index contributed by atoms with van der Waals surface area (Å²) < 4.78 is 18.2. The molecule has 2 saturated heterocycles. The zero-order valence-corrected chi connectivity index (χ0v) is 18.2. The first kappa shape index (κ1) is 21.2. The van der Waals surface area contributed by atoms with Gasteiger partial charge in [-0.05, 0) is 64.1 Å². The van der Waals surface area contributed by atoms with Crippen LogP contribution in [0.2, 0.25) is 0 Å². The minimum atomic E-state index is -0.345. The Morgan fingerprint density at radius 1 is 1.11 bits per heavy atom. The fourth-order valence-electron chi connectivity index (χ4n) is 3.60. The molecule has 0 spiro atoms. The van der Waals surface area contributed by atoms with Crippen molar-refractivity contribution in [3.8, 4) is 5.75 Å². The quantitative estimate of drug-likeness (QED) is 0.728. The number of hydrogen-bond donors (Lipinski definition) is 0. The van der Waals surface area contributed by atoms with Crippen molar-refractivity contribution in [2.75, 3.05) is 19.7 Å². The summed E-state index contributed by atoms with van der Waals surface area (Å²) in [5.74, 6) is 1.70. The minimum Gasteiger partial charge on any atom is -0.493 e. The van der Waals surface area contributed by atoms with E-state index >= 15 is 0 Å². The summed E-state index contributed by atoms with van der Waals surface area (Å²) in [6, 6.07) is 8.00. The molecule has 3 rings (SSSR count). The lowest BCUT2D eigenvalue weighted by molar-refractivity contribution is -0.136.